The maximum Gasteiger partial charge on any atom is 0.319 e. The van der Waals surface area contributed by atoms with Crippen LogP contribution in [-0.4, -0.2) is 187 Å². The SMILES string of the molecule is CC[C@H]1OC(=O)[C@H](C)[C@@H](O[C@H]2C[C@@](C)(OC)[C@@H](O)[C@H](C)O2)[C@H](C)[C@@H](O[C@@H]2O[C@H](C)C[C@H](N(C)C)[C@H]2O)[C@](C)(O)C[C@@H](C)CN(CCCNC(=O)Nc2cccc3nsnc23)[C@H](C)[C@@H](O)[C@]1(C)O. The molecule has 3 aliphatic rings. The van der Waals surface area contributed by atoms with Crippen molar-refractivity contribution in [2.45, 2.75) is 192 Å². The Morgan fingerprint density at radius 1 is 1.00 bits per heavy atom. The monoisotopic (exact) mass is 969 g/mol. The second-order valence-corrected chi connectivity index (χ2v) is 20.9. The summed E-state index contributed by atoms with van der Waals surface area (Å²) in [5.41, 5.74) is -2.85. The van der Waals surface area contributed by atoms with Crippen molar-refractivity contribution in [1.82, 2.24) is 23.9 Å². The zero-order chi connectivity index (χ0) is 49.8. The Morgan fingerprint density at radius 3 is 2.36 bits per heavy atom. The Labute approximate surface area is 400 Å². The molecule has 1 aromatic carbocycles. The third kappa shape index (κ3) is 13.0. The highest BCUT2D eigenvalue weighted by atomic mass is 32.1. The number of carbonyl (C=O) groups excluding carboxylic acids is 2. The fourth-order valence-electron chi connectivity index (χ4n) is 10.5. The van der Waals surface area contributed by atoms with Crippen LogP contribution in [0.5, 0.6) is 0 Å². The molecule has 5 rings (SSSR count). The standard InChI is InChI=1S/C47H80N6O13S/c1-14-34-47(10,60)39(55)29(6)53(20-16-19-48-44(58)49-31-17-15-18-32-36(31)51-67-50-32)24-25(2)22-45(8,59)41(66-43-37(54)33(52(11)12)21-26(3)62-43)27(4)38(28(5)42(57)64-34)65-35-23-46(9,61-13)40(56)30(7)63-35/h15,17-18,25-30,33-35,37-41,43,54-56,59-60H,14,16,19-24H2,1-13H3,(H2,48,49,58)/t25-,26-,27+,28-,29-,30+,33+,34-,35+,37-,38+,39-,40+,41-,43+,45-,46-,47-/m1/s1. The summed E-state index contributed by atoms with van der Waals surface area (Å²) in [4.78, 5) is 31.5. The highest BCUT2D eigenvalue weighted by Crippen LogP contribution is 2.40. The molecule has 20 heteroatoms. The van der Waals surface area contributed by atoms with Gasteiger partial charge in [-0.05, 0) is 106 Å². The number of rotatable bonds is 12. The number of urea groups is 1. The minimum absolute atomic E-state index is 0.0959. The zero-order valence-electron chi connectivity index (χ0n) is 41.7. The van der Waals surface area contributed by atoms with E-state index in [-0.39, 0.29) is 43.9 Å². The second-order valence-electron chi connectivity index (χ2n) is 20.4. The van der Waals surface area contributed by atoms with Gasteiger partial charge in [0.25, 0.3) is 0 Å². The van der Waals surface area contributed by atoms with Crippen LogP contribution in [0.2, 0.25) is 0 Å². The van der Waals surface area contributed by atoms with Crippen LogP contribution in [-0.2, 0) is 33.2 Å². The maximum atomic E-state index is 14.5. The summed E-state index contributed by atoms with van der Waals surface area (Å²) >= 11 is 1.06. The van der Waals surface area contributed by atoms with Crippen LogP contribution in [0.1, 0.15) is 101 Å². The summed E-state index contributed by atoms with van der Waals surface area (Å²) in [6, 6.07) is 3.92. The van der Waals surface area contributed by atoms with Crippen molar-refractivity contribution in [2.24, 2.45) is 17.8 Å². The maximum absolute atomic E-state index is 14.5. The van der Waals surface area contributed by atoms with Gasteiger partial charge < -0.3 is 69.5 Å². The van der Waals surface area contributed by atoms with Crippen molar-refractivity contribution in [3.05, 3.63) is 18.2 Å². The smallest absolute Gasteiger partial charge is 0.319 e. The van der Waals surface area contributed by atoms with E-state index in [9.17, 15) is 35.1 Å². The topological polar surface area (TPSA) is 247 Å². The van der Waals surface area contributed by atoms with Crippen molar-refractivity contribution in [1.29, 1.82) is 0 Å². The third-order valence-electron chi connectivity index (χ3n) is 14.5. The van der Waals surface area contributed by atoms with Gasteiger partial charge in [-0.3, -0.25) is 9.69 Å². The normalized spacial score (nSPS) is 41.1. The van der Waals surface area contributed by atoms with E-state index in [1.807, 2.05) is 43.8 Å². The van der Waals surface area contributed by atoms with E-state index in [0.29, 0.717) is 42.7 Å². The lowest BCUT2D eigenvalue weighted by Gasteiger charge is -2.48. The van der Waals surface area contributed by atoms with E-state index in [2.05, 4.69) is 19.4 Å². The molecule has 0 bridgehead atoms. The van der Waals surface area contributed by atoms with Crippen LogP contribution in [0.15, 0.2) is 18.2 Å². The molecule has 67 heavy (non-hydrogen) atoms. The molecular weight excluding hydrogens is 889 g/mol. The lowest BCUT2D eigenvalue weighted by Crippen LogP contribution is -2.60. The number of ether oxygens (including phenoxy) is 6. The number of hydrogen-bond donors (Lipinski definition) is 7. The largest absolute Gasteiger partial charge is 0.459 e. The summed E-state index contributed by atoms with van der Waals surface area (Å²) in [7, 11) is 5.25. The Kier molecular flexibility index (Phi) is 19.0. The number of likely N-dealkylation sites (N-methyl/N-ethyl adjacent to an activating group) is 1. The molecule has 0 saturated carbocycles. The number of aliphatic hydroxyl groups is 5. The fraction of sp³-hybridized carbons (Fsp3) is 0.830. The quantitative estimate of drug-likeness (QED) is 0.119. The van der Waals surface area contributed by atoms with Crippen LogP contribution in [0.3, 0.4) is 0 Å². The summed E-state index contributed by atoms with van der Waals surface area (Å²) in [6.45, 7) is 18.4. The molecule has 7 N–H and O–H groups in total. The molecule has 0 radical (unpaired) electrons. The van der Waals surface area contributed by atoms with Crippen molar-refractivity contribution < 1.29 is 63.5 Å². The molecule has 382 valence electrons. The Bertz CT molecular complexity index is 1910. The van der Waals surface area contributed by atoms with Crippen LogP contribution >= 0.6 is 11.7 Å². The Morgan fingerprint density at radius 2 is 1.70 bits per heavy atom. The summed E-state index contributed by atoms with van der Waals surface area (Å²) in [5.74, 6) is -2.91. The number of anilines is 1. The third-order valence-corrected chi connectivity index (χ3v) is 15.0. The van der Waals surface area contributed by atoms with Crippen molar-refractivity contribution in [3.63, 3.8) is 0 Å². The number of amides is 2. The molecule has 0 unspecified atom stereocenters. The van der Waals surface area contributed by atoms with Crippen LogP contribution in [0, 0.1) is 17.8 Å². The minimum atomic E-state index is -1.93. The van der Waals surface area contributed by atoms with E-state index in [4.69, 9.17) is 28.4 Å². The molecule has 2 amide bonds. The van der Waals surface area contributed by atoms with Crippen LogP contribution < -0.4 is 10.6 Å². The minimum Gasteiger partial charge on any atom is -0.459 e. The van der Waals surface area contributed by atoms with Gasteiger partial charge in [0.05, 0.1) is 59.0 Å². The molecule has 2 aromatic rings. The van der Waals surface area contributed by atoms with Crippen molar-refractivity contribution >= 4 is 40.4 Å². The van der Waals surface area contributed by atoms with Crippen LogP contribution in [0.4, 0.5) is 10.5 Å². The zero-order valence-corrected chi connectivity index (χ0v) is 42.6. The molecule has 1 aromatic heterocycles. The van der Waals surface area contributed by atoms with Gasteiger partial charge in [-0.1, -0.05) is 26.8 Å². The number of carbonyl (C=O) groups is 2. The van der Waals surface area contributed by atoms with Gasteiger partial charge in [0.15, 0.2) is 12.6 Å². The number of aliphatic hydroxyl groups excluding tert-OH is 3. The Hall–Kier alpha value is -2.70. The van der Waals surface area contributed by atoms with E-state index in [1.165, 1.54) is 14.0 Å². The summed E-state index contributed by atoms with van der Waals surface area (Å²) in [5, 5.41) is 65.7. The number of esters is 1. The number of methoxy groups -OCH3 is 1. The van der Waals surface area contributed by atoms with Gasteiger partial charge in [0, 0.05) is 51.2 Å². The predicted octanol–water partition coefficient (Wildman–Crippen LogP) is 3.49. The molecule has 3 saturated heterocycles. The first-order valence-electron chi connectivity index (χ1n) is 23.9. The van der Waals surface area contributed by atoms with Crippen LogP contribution in [0.25, 0.3) is 11.0 Å². The first kappa shape index (κ1) is 55.2. The Balaban J connectivity index is 1.49. The first-order valence-corrected chi connectivity index (χ1v) is 24.6. The first-order chi connectivity index (χ1) is 31.3. The number of nitrogens with zero attached hydrogens (tertiary/aromatic N) is 4. The van der Waals surface area contributed by atoms with Gasteiger partial charge in [-0.2, -0.15) is 8.75 Å². The summed E-state index contributed by atoms with van der Waals surface area (Å²) < 4.78 is 46.6. The van der Waals surface area contributed by atoms with Gasteiger partial charge in [0.1, 0.15) is 41.1 Å². The number of benzene rings is 1. The van der Waals surface area contributed by atoms with Crippen molar-refractivity contribution in [3.8, 4) is 0 Å². The van der Waals surface area contributed by atoms with E-state index in [1.54, 1.807) is 60.6 Å². The molecule has 18 atom stereocenters. The number of aromatic nitrogens is 2. The van der Waals surface area contributed by atoms with E-state index >= 15 is 0 Å². The molecule has 19 nitrogen and oxygen atoms in total. The molecule has 4 heterocycles. The average molecular weight is 969 g/mol. The van der Waals surface area contributed by atoms with Gasteiger partial charge in [0.2, 0.25) is 0 Å². The number of hydrogen-bond acceptors (Lipinski definition) is 18. The molecule has 3 fully saturated rings. The highest BCUT2D eigenvalue weighted by molar-refractivity contribution is 7.00. The number of cyclic esters (lactones) is 1. The summed E-state index contributed by atoms with van der Waals surface area (Å²) in [6.07, 6.45) is -8.67. The van der Waals surface area contributed by atoms with Gasteiger partial charge >= 0.3 is 12.0 Å². The van der Waals surface area contributed by atoms with Gasteiger partial charge in [-0.25, -0.2) is 4.79 Å². The predicted molar refractivity (Wildman–Crippen MR) is 252 cm³/mol. The van der Waals surface area contributed by atoms with Crippen molar-refractivity contribution in [2.75, 3.05) is 46.2 Å². The van der Waals surface area contributed by atoms with E-state index < -0.39 is 102 Å². The van der Waals surface area contributed by atoms with Gasteiger partial charge in [-0.15, -0.1) is 0 Å². The molecule has 3 aliphatic heterocycles. The highest BCUT2D eigenvalue weighted by Gasteiger charge is 2.53. The van der Waals surface area contributed by atoms with E-state index in [0.717, 1.165) is 11.7 Å². The number of nitrogens with one attached hydrogen (secondary N) is 2. The molecular formula is C47H80N6O13S. The fourth-order valence-corrected chi connectivity index (χ4v) is 11.0. The lowest BCUT2D eigenvalue weighted by atomic mass is 9.77. The molecule has 0 spiro atoms. The molecule has 0 aliphatic carbocycles. The average Bonchev–Trinajstić information content (AvgIpc) is 3.76. The lowest BCUT2D eigenvalue weighted by molar-refractivity contribution is -0.318. The number of fused-ring (bicyclic) bond motifs is 1. The second kappa shape index (κ2) is 23.0.